The van der Waals surface area contributed by atoms with E-state index in [1.54, 1.807) is 48.5 Å². The third-order valence-corrected chi connectivity index (χ3v) is 6.17. The minimum atomic E-state index is -1.16. The molecular weight excluding hydrogens is 492 g/mol. The van der Waals surface area contributed by atoms with Gasteiger partial charge in [-0.15, -0.1) is 0 Å². The number of H-pyrrole nitrogens is 1. The number of hydrogen-bond donors (Lipinski definition) is 6. The summed E-state index contributed by atoms with van der Waals surface area (Å²) in [4.78, 5) is 46.2. The predicted molar refractivity (Wildman–Crippen MR) is 139 cm³/mol. The highest BCUT2D eigenvalue weighted by Gasteiger charge is 2.28. The number of nitrogen functional groups attached to an aromatic ring is 1. The van der Waals surface area contributed by atoms with E-state index in [4.69, 9.17) is 20.7 Å². The number of nitrogens with zero attached hydrogens (tertiary/aromatic N) is 1. The van der Waals surface area contributed by atoms with Gasteiger partial charge in [0.15, 0.2) is 0 Å². The van der Waals surface area contributed by atoms with Crippen LogP contribution in [-0.2, 0) is 25.8 Å². The topological polar surface area (TPSA) is 192 Å². The second-order valence-corrected chi connectivity index (χ2v) is 8.70. The molecule has 2 unspecified atom stereocenters. The lowest BCUT2D eigenvalue weighted by Gasteiger charge is -2.18. The van der Waals surface area contributed by atoms with Crippen molar-refractivity contribution in [3.05, 3.63) is 70.9 Å². The summed E-state index contributed by atoms with van der Waals surface area (Å²) in [7, 11) is 1.18. The minimum absolute atomic E-state index is 0.0168. The summed E-state index contributed by atoms with van der Waals surface area (Å²) in [6, 6.07) is 12.9. The summed E-state index contributed by atoms with van der Waals surface area (Å²) < 4.78 is 4.79. The molecule has 4 rings (SSSR count). The van der Waals surface area contributed by atoms with E-state index < -0.39 is 29.9 Å². The normalized spacial score (nSPS) is 15.3. The Labute approximate surface area is 217 Å². The molecule has 12 nitrogen and oxygen atoms in total. The Bertz CT molecular complexity index is 1400. The Morgan fingerprint density at radius 1 is 1.24 bits per heavy atom. The fourth-order valence-electron chi connectivity index (χ4n) is 4.17. The van der Waals surface area contributed by atoms with Crippen LogP contribution in [0.2, 0.25) is 0 Å². The molecule has 12 heteroatoms. The number of hydrogen-bond acceptors (Lipinski definition) is 8. The molecule has 0 saturated heterocycles. The number of ether oxygens (including phenoxy) is 1. The Morgan fingerprint density at radius 2 is 1.97 bits per heavy atom. The number of aliphatic hydroxyl groups excluding tert-OH is 1. The maximum absolute atomic E-state index is 12.9. The number of fused-ring (bicyclic) bond motifs is 1. The largest absolute Gasteiger partial charge is 0.467 e. The molecule has 38 heavy (non-hydrogen) atoms. The maximum atomic E-state index is 12.9. The van der Waals surface area contributed by atoms with Gasteiger partial charge in [0.25, 0.3) is 5.91 Å². The van der Waals surface area contributed by atoms with Crippen molar-refractivity contribution < 1.29 is 29.1 Å². The van der Waals surface area contributed by atoms with Gasteiger partial charge in [-0.25, -0.2) is 4.79 Å². The molecule has 0 radical (unpaired) electrons. The fourth-order valence-corrected chi connectivity index (χ4v) is 4.17. The number of aromatic nitrogens is 1. The summed E-state index contributed by atoms with van der Waals surface area (Å²) >= 11 is 0. The van der Waals surface area contributed by atoms with Crippen molar-refractivity contribution in [2.75, 3.05) is 13.7 Å². The number of amidine groups is 1. The van der Waals surface area contributed by atoms with Crippen molar-refractivity contribution in [2.24, 2.45) is 10.9 Å². The first-order valence-electron chi connectivity index (χ1n) is 11.8. The second-order valence-electron chi connectivity index (χ2n) is 8.70. The summed E-state index contributed by atoms with van der Waals surface area (Å²) in [5, 5.41) is 27.2. The zero-order valence-electron chi connectivity index (χ0n) is 20.6. The predicted octanol–water partition coefficient (Wildman–Crippen LogP) is 0.915. The van der Waals surface area contributed by atoms with E-state index in [0.717, 1.165) is 5.56 Å². The zero-order valence-corrected chi connectivity index (χ0v) is 20.6. The third-order valence-electron chi connectivity index (χ3n) is 6.17. The van der Waals surface area contributed by atoms with Crippen molar-refractivity contribution in [1.29, 1.82) is 5.41 Å². The van der Waals surface area contributed by atoms with Gasteiger partial charge >= 0.3 is 5.97 Å². The van der Waals surface area contributed by atoms with Crippen LogP contribution in [0.5, 0.6) is 0 Å². The van der Waals surface area contributed by atoms with Crippen LogP contribution in [0.15, 0.2) is 53.7 Å². The Balaban J connectivity index is 1.33. The SMILES string of the molecule is COC(=O)C(CNC(=O)CC1CC(c2ccc(C(=N)N)cc2)=NO1)NC(=O)c1[nH]c2ccccc2c1CO. The van der Waals surface area contributed by atoms with Crippen molar-refractivity contribution in [3.8, 4) is 0 Å². The number of aliphatic hydroxyl groups is 1. The van der Waals surface area contributed by atoms with Crippen LogP contribution >= 0.6 is 0 Å². The highest BCUT2D eigenvalue weighted by atomic mass is 16.6. The molecule has 0 fully saturated rings. The number of amides is 2. The first-order chi connectivity index (χ1) is 18.3. The number of rotatable bonds is 10. The Morgan fingerprint density at radius 3 is 2.66 bits per heavy atom. The van der Waals surface area contributed by atoms with E-state index in [-0.39, 0.29) is 31.1 Å². The van der Waals surface area contributed by atoms with Crippen LogP contribution in [0.25, 0.3) is 10.9 Å². The van der Waals surface area contributed by atoms with Gasteiger partial charge < -0.3 is 36.0 Å². The third kappa shape index (κ3) is 5.81. The standard InChI is InChI=1S/C26H28N6O6/c1-37-26(36)21(31-25(35)23-18(13-33)17-4-2-3-5-19(17)30-23)12-29-22(34)11-16-10-20(32-38-16)14-6-8-15(9-7-14)24(27)28/h2-9,16,21,30,33H,10-13H2,1H3,(H3,27,28)(H,29,34)(H,31,35). The van der Waals surface area contributed by atoms with Crippen LogP contribution in [-0.4, -0.2) is 65.2 Å². The van der Waals surface area contributed by atoms with Crippen LogP contribution in [0.4, 0.5) is 0 Å². The second kappa shape index (κ2) is 11.6. The van der Waals surface area contributed by atoms with E-state index in [0.29, 0.717) is 34.2 Å². The van der Waals surface area contributed by atoms with Crippen LogP contribution < -0.4 is 16.4 Å². The first kappa shape index (κ1) is 26.4. The van der Waals surface area contributed by atoms with E-state index in [1.165, 1.54) is 7.11 Å². The average Bonchev–Trinajstić information content (AvgIpc) is 3.55. The molecule has 2 aromatic carbocycles. The molecule has 0 bridgehead atoms. The van der Waals surface area contributed by atoms with Gasteiger partial charge in [-0.3, -0.25) is 15.0 Å². The van der Waals surface area contributed by atoms with Gasteiger partial charge in [-0.05, 0) is 11.6 Å². The van der Waals surface area contributed by atoms with Crippen LogP contribution in [0, 0.1) is 5.41 Å². The number of methoxy groups -OCH3 is 1. The van der Waals surface area contributed by atoms with Gasteiger partial charge in [0.05, 0.1) is 25.8 Å². The first-order valence-corrected chi connectivity index (χ1v) is 11.8. The number of esters is 1. The number of carbonyl (C=O) groups is 3. The molecule has 2 amide bonds. The van der Waals surface area contributed by atoms with Gasteiger partial charge in [0.1, 0.15) is 23.7 Å². The fraction of sp³-hybridized carbons (Fsp3) is 0.269. The number of nitrogens with two attached hydrogens (primary N) is 1. The Kier molecular flexibility index (Phi) is 8.02. The van der Waals surface area contributed by atoms with Gasteiger partial charge in [0, 0.05) is 35.0 Å². The summed E-state index contributed by atoms with van der Waals surface area (Å²) in [5.41, 5.74) is 8.71. The van der Waals surface area contributed by atoms with E-state index in [2.05, 4.69) is 20.8 Å². The zero-order chi connectivity index (χ0) is 27.2. The van der Waals surface area contributed by atoms with Crippen molar-refractivity contribution >= 4 is 40.2 Å². The lowest BCUT2D eigenvalue weighted by atomic mass is 10.0. The molecule has 7 N–H and O–H groups in total. The van der Waals surface area contributed by atoms with Crippen LogP contribution in [0.1, 0.15) is 40.0 Å². The molecule has 0 aliphatic carbocycles. The molecule has 0 saturated carbocycles. The van der Waals surface area contributed by atoms with E-state index in [1.807, 2.05) is 0 Å². The minimum Gasteiger partial charge on any atom is -0.467 e. The number of para-hydroxylation sites is 1. The van der Waals surface area contributed by atoms with E-state index >= 15 is 0 Å². The van der Waals surface area contributed by atoms with Crippen molar-refractivity contribution in [1.82, 2.24) is 15.6 Å². The molecule has 1 aliphatic heterocycles. The highest BCUT2D eigenvalue weighted by Crippen LogP contribution is 2.23. The number of nitrogens with one attached hydrogen (secondary N) is 4. The molecular formula is C26H28N6O6. The van der Waals surface area contributed by atoms with Crippen molar-refractivity contribution in [3.63, 3.8) is 0 Å². The molecule has 2 heterocycles. The number of aromatic amines is 1. The molecule has 3 aromatic rings. The molecule has 2 atom stereocenters. The Hall–Kier alpha value is -4.71. The van der Waals surface area contributed by atoms with Gasteiger partial charge in [0.2, 0.25) is 5.91 Å². The molecule has 1 aliphatic rings. The van der Waals surface area contributed by atoms with E-state index in [9.17, 15) is 19.5 Å². The molecule has 198 valence electrons. The summed E-state index contributed by atoms with van der Waals surface area (Å²) in [5.74, 6) is -1.80. The maximum Gasteiger partial charge on any atom is 0.330 e. The summed E-state index contributed by atoms with van der Waals surface area (Å²) in [6.07, 6.45) is -0.118. The highest BCUT2D eigenvalue weighted by molar-refractivity contribution is 6.03. The number of oxime groups is 1. The average molecular weight is 521 g/mol. The summed E-state index contributed by atoms with van der Waals surface area (Å²) in [6.45, 7) is -0.586. The van der Waals surface area contributed by atoms with Gasteiger partial charge in [-0.2, -0.15) is 0 Å². The number of benzene rings is 2. The number of carbonyl (C=O) groups excluding carboxylic acids is 3. The van der Waals surface area contributed by atoms with Crippen LogP contribution in [0.3, 0.4) is 0 Å². The smallest absolute Gasteiger partial charge is 0.330 e. The lowest BCUT2D eigenvalue weighted by molar-refractivity contribution is -0.142. The molecule has 0 spiro atoms. The van der Waals surface area contributed by atoms with Gasteiger partial charge in [-0.1, -0.05) is 47.6 Å². The monoisotopic (exact) mass is 520 g/mol. The van der Waals surface area contributed by atoms with Crippen molar-refractivity contribution in [2.45, 2.75) is 31.6 Å². The quantitative estimate of drug-likeness (QED) is 0.130. The molecule has 1 aromatic heterocycles. The lowest BCUT2D eigenvalue weighted by Crippen LogP contribution is -2.49.